The number of aromatic carboxylic acids is 1. The highest BCUT2D eigenvalue weighted by atomic mass is 19.1. The number of nitrogens with one attached hydrogen (secondary N) is 2. The molecule has 0 radical (unpaired) electrons. The Labute approximate surface area is 119 Å². The molecule has 112 valence electrons. The van der Waals surface area contributed by atoms with Crippen molar-refractivity contribution < 1.29 is 23.9 Å². The molecule has 0 bridgehead atoms. The van der Waals surface area contributed by atoms with Crippen LogP contribution in [0.15, 0.2) is 18.2 Å². The summed E-state index contributed by atoms with van der Waals surface area (Å²) in [7, 11) is 1.64. The number of likely N-dealkylation sites (tertiary alicyclic amines) is 1. The Morgan fingerprint density at radius 1 is 1.43 bits per heavy atom. The Morgan fingerprint density at radius 3 is 2.67 bits per heavy atom. The van der Waals surface area contributed by atoms with Crippen molar-refractivity contribution in [2.24, 2.45) is 0 Å². The number of hydrogen-bond acceptors (Lipinski definition) is 3. The second-order valence-corrected chi connectivity index (χ2v) is 4.70. The van der Waals surface area contributed by atoms with E-state index in [1.165, 1.54) is 11.0 Å². The smallest absolute Gasteiger partial charge is 0.338 e. The van der Waals surface area contributed by atoms with E-state index in [9.17, 15) is 18.8 Å². The largest absolute Gasteiger partial charge is 0.478 e. The topological polar surface area (TPSA) is 98.7 Å². The lowest BCUT2D eigenvalue weighted by atomic mass is 10.2. The molecule has 1 aliphatic rings. The number of amides is 3. The van der Waals surface area contributed by atoms with Crippen molar-refractivity contribution in [2.75, 3.05) is 18.9 Å². The fourth-order valence-electron chi connectivity index (χ4n) is 2.05. The average Bonchev–Trinajstić information content (AvgIpc) is 2.70. The van der Waals surface area contributed by atoms with Gasteiger partial charge in [-0.2, -0.15) is 0 Å². The summed E-state index contributed by atoms with van der Waals surface area (Å²) in [6, 6.07) is 1.99. The van der Waals surface area contributed by atoms with Crippen molar-refractivity contribution in [2.45, 2.75) is 12.5 Å². The molecule has 0 aliphatic carbocycles. The molecule has 1 atom stereocenters. The molecule has 3 amide bonds. The number of carbonyl (C=O) groups is 3. The minimum atomic E-state index is -1.39. The summed E-state index contributed by atoms with van der Waals surface area (Å²) >= 11 is 0. The minimum absolute atomic E-state index is 0.105. The molecule has 2 rings (SSSR count). The first kappa shape index (κ1) is 14.8. The van der Waals surface area contributed by atoms with Crippen LogP contribution in [-0.2, 0) is 4.79 Å². The lowest BCUT2D eigenvalue weighted by Crippen LogP contribution is -2.42. The van der Waals surface area contributed by atoms with E-state index in [0.717, 1.165) is 12.1 Å². The first-order valence-corrected chi connectivity index (χ1v) is 6.24. The number of likely N-dealkylation sites (N-methyl/N-ethyl adjacent to an activating group) is 1. The van der Waals surface area contributed by atoms with Crippen LogP contribution in [-0.4, -0.2) is 47.5 Å². The van der Waals surface area contributed by atoms with Crippen LogP contribution in [0.2, 0.25) is 0 Å². The second-order valence-electron chi connectivity index (χ2n) is 4.70. The van der Waals surface area contributed by atoms with Crippen LogP contribution in [0.1, 0.15) is 16.8 Å². The quantitative estimate of drug-likeness (QED) is 0.770. The summed E-state index contributed by atoms with van der Waals surface area (Å²) in [5, 5.41) is 13.5. The van der Waals surface area contributed by atoms with E-state index >= 15 is 0 Å². The van der Waals surface area contributed by atoms with Gasteiger partial charge in [0, 0.05) is 19.3 Å². The van der Waals surface area contributed by atoms with Gasteiger partial charge in [-0.1, -0.05) is 0 Å². The summed E-state index contributed by atoms with van der Waals surface area (Å²) < 4.78 is 13.5. The Morgan fingerprint density at radius 2 is 2.14 bits per heavy atom. The number of carboxylic acid groups (broad SMARTS) is 1. The van der Waals surface area contributed by atoms with Crippen molar-refractivity contribution in [1.82, 2.24) is 10.2 Å². The monoisotopic (exact) mass is 295 g/mol. The Kier molecular flexibility index (Phi) is 4.06. The van der Waals surface area contributed by atoms with Gasteiger partial charge in [0.05, 0.1) is 5.56 Å². The number of urea groups is 1. The molecule has 0 spiro atoms. The van der Waals surface area contributed by atoms with Crippen molar-refractivity contribution >= 4 is 23.6 Å². The summed E-state index contributed by atoms with van der Waals surface area (Å²) in [5.74, 6) is -2.52. The highest BCUT2D eigenvalue weighted by molar-refractivity contribution is 5.95. The fourth-order valence-corrected chi connectivity index (χ4v) is 2.05. The van der Waals surface area contributed by atoms with Gasteiger partial charge in [0.2, 0.25) is 5.91 Å². The third-order valence-corrected chi connectivity index (χ3v) is 3.19. The van der Waals surface area contributed by atoms with E-state index < -0.39 is 29.4 Å². The predicted molar refractivity (Wildman–Crippen MR) is 71.6 cm³/mol. The van der Waals surface area contributed by atoms with Crippen molar-refractivity contribution in [3.63, 3.8) is 0 Å². The molecule has 8 heteroatoms. The molecule has 1 aliphatic heterocycles. The molecule has 1 aromatic carbocycles. The zero-order valence-corrected chi connectivity index (χ0v) is 11.2. The molecular formula is C13H14FN3O4. The van der Waals surface area contributed by atoms with Crippen LogP contribution in [0.4, 0.5) is 14.9 Å². The third kappa shape index (κ3) is 3.28. The molecule has 1 aromatic rings. The number of carbonyl (C=O) groups excluding carboxylic acids is 2. The van der Waals surface area contributed by atoms with Crippen LogP contribution in [0, 0.1) is 5.82 Å². The van der Waals surface area contributed by atoms with Crippen molar-refractivity contribution in [3.05, 3.63) is 29.6 Å². The maximum Gasteiger partial charge on any atom is 0.338 e. The van der Waals surface area contributed by atoms with Crippen LogP contribution in [0.5, 0.6) is 0 Å². The van der Waals surface area contributed by atoms with E-state index in [4.69, 9.17) is 5.11 Å². The molecule has 0 saturated carbocycles. The van der Waals surface area contributed by atoms with Gasteiger partial charge in [-0.05, 0) is 24.6 Å². The van der Waals surface area contributed by atoms with Gasteiger partial charge in [0.15, 0.2) is 0 Å². The lowest BCUT2D eigenvalue weighted by Gasteiger charge is -2.13. The van der Waals surface area contributed by atoms with Gasteiger partial charge in [-0.25, -0.2) is 14.0 Å². The molecule has 21 heavy (non-hydrogen) atoms. The molecule has 1 unspecified atom stereocenters. The number of benzene rings is 1. The van der Waals surface area contributed by atoms with Gasteiger partial charge in [-0.15, -0.1) is 0 Å². The number of nitrogens with zero attached hydrogens (tertiary/aromatic N) is 1. The maximum absolute atomic E-state index is 13.5. The van der Waals surface area contributed by atoms with E-state index in [1.807, 2.05) is 0 Å². The summed E-state index contributed by atoms with van der Waals surface area (Å²) in [6.07, 6.45) is 0.509. The minimum Gasteiger partial charge on any atom is -0.478 e. The molecule has 1 heterocycles. The van der Waals surface area contributed by atoms with E-state index in [1.54, 1.807) is 7.05 Å². The standard InChI is InChI=1S/C13H14FN3O4/c1-17-5-4-10(11(17)18)16-13(21)15-7-2-3-8(12(19)20)9(14)6-7/h2-3,6,10H,4-5H2,1H3,(H,19,20)(H2,15,16,21). The summed E-state index contributed by atoms with van der Waals surface area (Å²) in [5.41, 5.74) is -0.373. The lowest BCUT2D eigenvalue weighted by molar-refractivity contribution is -0.128. The van der Waals surface area contributed by atoms with E-state index in [2.05, 4.69) is 10.6 Å². The zero-order valence-electron chi connectivity index (χ0n) is 11.2. The van der Waals surface area contributed by atoms with Gasteiger partial charge < -0.3 is 20.6 Å². The fraction of sp³-hybridized carbons (Fsp3) is 0.308. The van der Waals surface area contributed by atoms with Crippen LogP contribution in [0.25, 0.3) is 0 Å². The highest BCUT2D eigenvalue weighted by Gasteiger charge is 2.30. The molecule has 3 N–H and O–H groups in total. The van der Waals surface area contributed by atoms with Crippen molar-refractivity contribution in [3.8, 4) is 0 Å². The molecule has 1 fully saturated rings. The summed E-state index contributed by atoms with van der Waals surface area (Å²) in [6.45, 7) is 0.561. The molecular weight excluding hydrogens is 281 g/mol. The number of carboxylic acids is 1. The van der Waals surface area contributed by atoms with Gasteiger partial charge in [0.1, 0.15) is 11.9 Å². The van der Waals surface area contributed by atoms with Crippen molar-refractivity contribution in [1.29, 1.82) is 0 Å². The van der Waals surface area contributed by atoms with E-state index in [0.29, 0.717) is 13.0 Å². The molecule has 7 nitrogen and oxygen atoms in total. The van der Waals surface area contributed by atoms with Gasteiger partial charge >= 0.3 is 12.0 Å². The maximum atomic E-state index is 13.5. The van der Waals surface area contributed by atoms with Gasteiger partial charge in [-0.3, -0.25) is 4.79 Å². The first-order chi connectivity index (χ1) is 9.88. The van der Waals surface area contributed by atoms with Crippen LogP contribution in [0.3, 0.4) is 0 Å². The molecule has 0 aromatic heterocycles. The number of anilines is 1. The second kappa shape index (κ2) is 5.78. The zero-order chi connectivity index (χ0) is 15.6. The SMILES string of the molecule is CN1CCC(NC(=O)Nc2ccc(C(=O)O)c(F)c2)C1=O. The normalized spacial score (nSPS) is 17.7. The first-order valence-electron chi connectivity index (χ1n) is 6.24. The average molecular weight is 295 g/mol. The van der Waals surface area contributed by atoms with Crippen LogP contribution < -0.4 is 10.6 Å². The van der Waals surface area contributed by atoms with Crippen LogP contribution >= 0.6 is 0 Å². The predicted octanol–water partition coefficient (Wildman–Crippen LogP) is 0.876. The molecule has 1 saturated heterocycles. The van der Waals surface area contributed by atoms with Gasteiger partial charge in [0.25, 0.3) is 0 Å². The number of halogens is 1. The Balaban J connectivity index is 1.98. The summed E-state index contributed by atoms with van der Waals surface area (Å²) in [4.78, 5) is 35.5. The third-order valence-electron chi connectivity index (χ3n) is 3.19. The highest BCUT2D eigenvalue weighted by Crippen LogP contribution is 2.15. The number of rotatable bonds is 3. The number of hydrogen-bond donors (Lipinski definition) is 3. The Bertz CT molecular complexity index is 605. The van der Waals surface area contributed by atoms with E-state index in [-0.39, 0.29) is 11.6 Å². The Hall–Kier alpha value is -2.64.